The molecule has 5 heteroatoms. The minimum absolute atomic E-state index is 0.0457. The van der Waals surface area contributed by atoms with Gasteiger partial charge in [0.2, 0.25) is 0 Å². The van der Waals surface area contributed by atoms with E-state index in [9.17, 15) is 4.79 Å². The molecular weight excluding hydrogens is 338 g/mol. The number of aromatic nitrogens is 2. The molecule has 4 rings (SSSR count). The number of hydrogen-bond donors (Lipinski definition) is 0. The fourth-order valence-corrected chi connectivity index (χ4v) is 3.78. The van der Waals surface area contributed by atoms with Crippen LogP contribution in [0.15, 0.2) is 54.9 Å². The largest absolute Gasteiger partial charge is 0.382 e. The lowest BCUT2D eigenvalue weighted by atomic mass is 10.0. The zero-order valence-electron chi connectivity index (χ0n) is 15.7. The highest BCUT2D eigenvalue weighted by molar-refractivity contribution is 5.97. The molecule has 0 radical (unpaired) electrons. The molecule has 1 aliphatic heterocycles. The third kappa shape index (κ3) is 3.88. The molecule has 3 heterocycles. The van der Waals surface area contributed by atoms with Crippen LogP contribution in [-0.2, 0) is 17.8 Å². The summed E-state index contributed by atoms with van der Waals surface area (Å²) >= 11 is 0. The standard InChI is InChI=1S/C22H25N3O2/c1-2-27-11-9-17-14-24-10-5-7-20(24)16-25(15-17)22(26)19-12-18-6-3-4-8-21(18)23-13-19/h3-8,10,12-13,17H,2,9,11,14-16H2,1H3/t17-/m1/s1. The van der Waals surface area contributed by atoms with Gasteiger partial charge in [-0.05, 0) is 43.5 Å². The molecule has 0 N–H and O–H groups in total. The number of benzene rings is 1. The Kier molecular flexibility index (Phi) is 5.21. The summed E-state index contributed by atoms with van der Waals surface area (Å²) in [6.07, 6.45) is 4.75. The normalized spacial score (nSPS) is 16.9. The number of pyridine rings is 1. The lowest BCUT2D eigenvalue weighted by molar-refractivity contribution is 0.0694. The summed E-state index contributed by atoms with van der Waals surface area (Å²) in [6.45, 7) is 5.77. The fraction of sp³-hybridized carbons (Fsp3) is 0.364. The van der Waals surface area contributed by atoms with Crippen LogP contribution in [0.25, 0.3) is 10.9 Å². The summed E-state index contributed by atoms with van der Waals surface area (Å²) < 4.78 is 7.82. The Hall–Kier alpha value is -2.66. The van der Waals surface area contributed by atoms with Crippen LogP contribution in [0.2, 0.25) is 0 Å². The third-order valence-electron chi connectivity index (χ3n) is 5.21. The van der Waals surface area contributed by atoms with E-state index < -0.39 is 0 Å². The van der Waals surface area contributed by atoms with E-state index in [0.717, 1.165) is 43.6 Å². The predicted molar refractivity (Wildman–Crippen MR) is 106 cm³/mol. The van der Waals surface area contributed by atoms with Crippen molar-refractivity contribution in [2.24, 2.45) is 5.92 Å². The van der Waals surface area contributed by atoms with Crippen LogP contribution in [0.5, 0.6) is 0 Å². The van der Waals surface area contributed by atoms with E-state index in [1.165, 1.54) is 5.69 Å². The van der Waals surface area contributed by atoms with Gasteiger partial charge < -0.3 is 14.2 Å². The fourth-order valence-electron chi connectivity index (χ4n) is 3.78. The predicted octanol–water partition coefficient (Wildman–Crippen LogP) is 3.74. The van der Waals surface area contributed by atoms with Crippen molar-refractivity contribution >= 4 is 16.8 Å². The summed E-state index contributed by atoms with van der Waals surface area (Å²) in [6, 6.07) is 14.0. The molecule has 0 saturated heterocycles. The summed E-state index contributed by atoms with van der Waals surface area (Å²) in [4.78, 5) is 19.7. The van der Waals surface area contributed by atoms with Gasteiger partial charge in [-0.1, -0.05) is 18.2 Å². The number of fused-ring (bicyclic) bond motifs is 2. The molecule has 1 aromatic carbocycles. The van der Waals surface area contributed by atoms with Crippen molar-refractivity contribution in [2.75, 3.05) is 19.8 Å². The molecule has 0 saturated carbocycles. The lowest BCUT2D eigenvalue weighted by Gasteiger charge is -2.24. The molecule has 1 atom stereocenters. The van der Waals surface area contributed by atoms with Crippen molar-refractivity contribution in [3.05, 3.63) is 66.1 Å². The Morgan fingerprint density at radius 3 is 3.00 bits per heavy atom. The second-order valence-electron chi connectivity index (χ2n) is 7.11. The van der Waals surface area contributed by atoms with Gasteiger partial charge in [-0.2, -0.15) is 0 Å². The number of para-hydroxylation sites is 1. The molecule has 0 spiro atoms. The van der Waals surface area contributed by atoms with Crippen LogP contribution in [0.4, 0.5) is 0 Å². The zero-order valence-corrected chi connectivity index (χ0v) is 15.7. The highest BCUT2D eigenvalue weighted by Crippen LogP contribution is 2.22. The molecule has 3 aromatic rings. The number of carbonyl (C=O) groups excluding carboxylic acids is 1. The van der Waals surface area contributed by atoms with Crippen molar-refractivity contribution in [2.45, 2.75) is 26.4 Å². The van der Waals surface area contributed by atoms with Crippen LogP contribution < -0.4 is 0 Å². The van der Waals surface area contributed by atoms with Gasteiger partial charge in [0.25, 0.3) is 5.91 Å². The van der Waals surface area contributed by atoms with Crippen molar-refractivity contribution in [1.82, 2.24) is 14.5 Å². The maximum absolute atomic E-state index is 13.2. The van der Waals surface area contributed by atoms with E-state index in [4.69, 9.17) is 4.74 Å². The average molecular weight is 363 g/mol. The lowest BCUT2D eigenvalue weighted by Crippen LogP contribution is -2.34. The summed E-state index contributed by atoms with van der Waals surface area (Å²) in [5.41, 5.74) is 2.74. The minimum atomic E-state index is 0.0457. The maximum Gasteiger partial charge on any atom is 0.255 e. The number of hydrogen-bond acceptors (Lipinski definition) is 3. The van der Waals surface area contributed by atoms with E-state index >= 15 is 0 Å². The molecular formula is C22H25N3O2. The van der Waals surface area contributed by atoms with Gasteiger partial charge in [0.05, 0.1) is 17.6 Å². The Morgan fingerprint density at radius 1 is 1.22 bits per heavy atom. The topological polar surface area (TPSA) is 47.4 Å². The number of rotatable bonds is 5. The molecule has 1 amide bonds. The zero-order chi connectivity index (χ0) is 18.6. The minimum Gasteiger partial charge on any atom is -0.382 e. The number of nitrogens with zero attached hydrogens (tertiary/aromatic N) is 3. The van der Waals surface area contributed by atoms with Crippen molar-refractivity contribution < 1.29 is 9.53 Å². The van der Waals surface area contributed by atoms with Crippen molar-refractivity contribution in [3.63, 3.8) is 0 Å². The highest BCUT2D eigenvalue weighted by Gasteiger charge is 2.25. The molecule has 0 unspecified atom stereocenters. The van der Waals surface area contributed by atoms with Crippen LogP contribution in [0.1, 0.15) is 29.4 Å². The number of carbonyl (C=O) groups is 1. The first-order valence-electron chi connectivity index (χ1n) is 9.60. The first-order valence-corrected chi connectivity index (χ1v) is 9.60. The second-order valence-corrected chi connectivity index (χ2v) is 7.11. The molecule has 0 bridgehead atoms. The summed E-state index contributed by atoms with van der Waals surface area (Å²) in [5.74, 6) is 0.423. The van der Waals surface area contributed by atoms with E-state index in [0.29, 0.717) is 18.0 Å². The first-order chi connectivity index (χ1) is 13.2. The summed E-state index contributed by atoms with van der Waals surface area (Å²) in [5, 5.41) is 0.995. The molecule has 140 valence electrons. The van der Waals surface area contributed by atoms with Gasteiger partial charge in [0, 0.05) is 49.8 Å². The molecule has 2 aromatic heterocycles. The van der Waals surface area contributed by atoms with E-state index in [2.05, 4.69) is 27.9 Å². The quantitative estimate of drug-likeness (QED) is 0.649. The van der Waals surface area contributed by atoms with E-state index in [1.54, 1.807) is 6.20 Å². The molecule has 27 heavy (non-hydrogen) atoms. The second kappa shape index (κ2) is 7.92. The Labute approximate surface area is 159 Å². The smallest absolute Gasteiger partial charge is 0.255 e. The number of ether oxygens (including phenoxy) is 1. The van der Waals surface area contributed by atoms with Gasteiger partial charge in [-0.3, -0.25) is 9.78 Å². The van der Waals surface area contributed by atoms with Crippen LogP contribution in [0.3, 0.4) is 0 Å². The van der Waals surface area contributed by atoms with Crippen molar-refractivity contribution in [3.8, 4) is 0 Å². The van der Waals surface area contributed by atoms with Gasteiger partial charge in [0.15, 0.2) is 0 Å². The van der Waals surface area contributed by atoms with Crippen molar-refractivity contribution in [1.29, 1.82) is 0 Å². The SMILES string of the molecule is CCOCC[C@H]1CN(C(=O)c2cnc3ccccc3c2)Cc2cccn2C1. The van der Waals surface area contributed by atoms with Crippen LogP contribution in [0, 0.1) is 5.92 Å². The average Bonchev–Trinajstić information content (AvgIpc) is 3.05. The van der Waals surface area contributed by atoms with Crippen LogP contribution in [-0.4, -0.2) is 40.1 Å². The van der Waals surface area contributed by atoms with Gasteiger partial charge in [0.1, 0.15) is 0 Å². The van der Waals surface area contributed by atoms with E-state index in [1.807, 2.05) is 42.2 Å². The molecule has 1 aliphatic rings. The highest BCUT2D eigenvalue weighted by atomic mass is 16.5. The Bertz CT molecular complexity index is 934. The maximum atomic E-state index is 13.2. The molecule has 0 aliphatic carbocycles. The Morgan fingerprint density at radius 2 is 2.11 bits per heavy atom. The van der Waals surface area contributed by atoms with Crippen LogP contribution >= 0.6 is 0 Å². The molecule has 0 fully saturated rings. The number of amides is 1. The van der Waals surface area contributed by atoms with Gasteiger partial charge >= 0.3 is 0 Å². The van der Waals surface area contributed by atoms with Gasteiger partial charge in [-0.15, -0.1) is 0 Å². The monoisotopic (exact) mass is 363 g/mol. The molecule has 5 nitrogen and oxygen atoms in total. The Balaban J connectivity index is 1.58. The third-order valence-corrected chi connectivity index (χ3v) is 5.21. The first kappa shape index (κ1) is 17.7. The summed E-state index contributed by atoms with van der Waals surface area (Å²) in [7, 11) is 0. The van der Waals surface area contributed by atoms with E-state index in [-0.39, 0.29) is 5.91 Å². The van der Waals surface area contributed by atoms with Gasteiger partial charge in [-0.25, -0.2) is 0 Å².